The van der Waals surface area contributed by atoms with E-state index in [-0.39, 0.29) is 0 Å². The van der Waals surface area contributed by atoms with E-state index in [2.05, 4.69) is 20.8 Å². The van der Waals surface area contributed by atoms with Crippen molar-refractivity contribution in [2.75, 3.05) is 0 Å². The van der Waals surface area contributed by atoms with Gasteiger partial charge in [-0.1, -0.05) is 39.0 Å². The summed E-state index contributed by atoms with van der Waals surface area (Å²) < 4.78 is 5.88. The highest BCUT2D eigenvalue weighted by atomic mass is 16.5. The van der Waals surface area contributed by atoms with Gasteiger partial charge in [-0.3, -0.25) is 0 Å². The van der Waals surface area contributed by atoms with Gasteiger partial charge in [0.1, 0.15) is 5.75 Å². The number of rotatable bonds is 2. The molecule has 0 bridgehead atoms. The lowest BCUT2D eigenvalue weighted by atomic mass is 9.67. The van der Waals surface area contributed by atoms with Crippen LogP contribution in [-0.2, 0) is 0 Å². The summed E-state index contributed by atoms with van der Waals surface area (Å²) in [7, 11) is 0. The molecule has 0 unspecified atom stereocenters. The van der Waals surface area contributed by atoms with E-state index >= 15 is 0 Å². The SMILES string of the molecule is CC(C)(C)C1CC(Oc2ccccc2)C1. The van der Waals surface area contributed by atoms with Crippen molar-refractivity contribution in [2.45, 2.75) is 39.7 Å². The lowest BCUT2D eigenvalue weighted by Crippen LogP contribution is -2.40. The molecule has 0 aliphatic heterocycles. The highest BCUT2D eigenvalue weighted by Crippen LogP contribution is 2.42. The average molecular weight is 204 g/mol. The normalized spacial score (nSPS) is 25.8. The summed E-state index contributed by atoms with van der Waals surface area (Å²) in [4.78, 5) is 0. The molecule has 0 spiro atoms. The van der Waals surface area contributed by atoms with Gasteiger partial charge < -0.3 is 4.74 Å². The number of para-hydroxylation sites is 1. The van der Waals surface area contributed by atoms with Crippen molar-refractivity contribution >= 4 is 0 Å². The van der Waals surface area contributed by atoms with Gasteiger partial charge in [0.15, 0.2) is 0 Å². The fraction of sp³-hybridized carbons (Fsp3) is 0.571. The Morgan fingerprint density at radius 3 is 2.20 bits per heavy atom. The zero-order valence-corrected chi connectivity index (χ0v) is 9.86. The fourth-order valence-electron chi connectivity index (χ4n) is 2.06. The van der Waals surface area contributed by atoms with E-state index in [1.54, 1.807) is 0 Å². The van der Waals surface area contributed by atoms with Gasteiger partial charge >= 0.3 is 0 Å². The average Bonchev–Trinajstić information content (AvgIpc) is 2.10. The zero-order chi connectivity index (χ0) is 10.9. The molecule has 1 aromatic rings. The largest absolute Gasteiger partial charge is 0.490 e. The first kappa shape index (κ1) is 10.5. The first-order valence-corrected chi connectivity index (χ1v) is 5.77. The second kappa shape index (κ2) is 3.88. The summed E-state index contributed by atoms with van der Waals surface area (Å²) in [5, 5.41) is 0. The molecule has 1 nitrogen and oxygen atoms in total. The molecular weight excluding hydrogens is 184 g/mol. The molecule has 0 heterocycles. The van der Waals surface area contributed by atoms with Crippen LogP contribution in [0.1, 0.15) is 33.6 Å². The van der Waals surface area contributed by atoms with Crippen LogP contribution in [0, 0.1) is 11.3 Å². The Morgan fingerprint density at radius 1 is 1.07 bits per heavy atom. The van der Waals surface area contributed by atoms with Crippen molar-refractivity contribution in [1.82, 2.24) is 0 Å². The highest BCUT2D eigenvalue weighted by Gasteiger charge is 2.38. The first-order valence-electron chi connectivity index (χ1n) is 5.77. The van der Waals surface area contributed by atoms with Gasteiger partial charge in [-0.15, -0.1) is 0 Å². The van der Waals surface area contributed by atoms with E-state index in [4.69, 9.17) is 4.74 Å². The minimum atomic E-state index is 0.441. The summed E-state index contributed by atoms with van der Waals surface area (Å²) in [6, 6.07) is 10.1. The molecule has 1 fully saturated rings. The third-order valence-electron chi connectivity index (χ3n) is 3.37. The van der Waals surface area contributed by atoms with Crippen molar-refractivity contribution in [1.29, 1.82) is 0 Å². The Kier molecular flexibility index (Phi) is 2.72. The maximum absolute atomic E-state index is 5.88. The molecule has 15 heavy (non-hydrogen) atoms. The van der Waals surface area contributed by atoms with Gasteiger partial charge in [-0.25, -0.2) is 0 Å². The van der Waals surface area contributed by atoms with Gasteiger partial charge in [-0.05, 0) is 36.3 Å². The van der Waals surface area contributed by atoms with Crippen molar-refractivity contribution in [3.63, 3.8) is 0 Å². The number of hydrogen-bond donors (Lipinski definition) is 0. The van der Waals surface area contributed by atoms with Crippen LogP contribution in [0.2, 0.25) is 0 Å². The van der Waals surface area contributed by atoms with Crippen molar-refractivity contribution < 1.29 is 4.74 Å². The lowest BCUT2D eigenvalue weighted by molar-refractivity contribution is 0.00733. The second-order valence-corrected chi connectivity index (χ2v) is 5.59. The molecule has 1 heteroatoms. The molecule has 82 valence electrons. The summed E-state index contributed by atoms with van der Waals surface area (Å²) in [5.74, 6) is 1.83. The van der Waals surface area contributed by atoms with Gasteiger partial charge in [0, 0.05) is 0 Å². The third kappa shape index (κ3) is 2.53. The highest BCUT2D eigenvalue weighted by molar-refractivity contribution is 5.21. The van der Waals surface area contributed by atoms with Crippen molar-refractivity contribution in [2.24, 2.45) is 11.3 Å². The first-order chi connectivity index (χ1) is 7.05. The molecule has 1 saturated carbocycles. The van der Waals surface area contributed by atoms with Crippen LogP contribution >= 0.6 is 0 Å². The standard InChI is InChI=1S/C14H20O/c1-14(2,3)11-9-13(10-11)15-12-7-5-4-6-8-12/h4-8,11,13H,9-10H2,1-3H3. The van der Waals surface area contributed by atoms with Crippen LogP contribution in [0.25, 0.3) is 0 Å². The maximum atomic E-state index is 5.88. The van der Waals surface area contributed by atoms with Crippen LogP contribution in [0.3, 0.4) is 0 Å². The van der Waals surface area contributed by atoms with Crippen molar-refractivity contribution in [3.05, 3.63) is 30.3 Å². The third-order valence-corrected chi connectivity index (χ3v) is 3.37. The quantitative estimate of drug-likeness (QED) is 0.710. The second-order valence-electron chi connectivity index (χ2n) is 5.59. The molecule has 1 aliphatic rings. The van der Waals surface area contributed by atoms with Gasteiger partial charge in [0.05, 0.1) is 6.10 Å². The molecule has 0 amide bonds. The Labute approximate surface area is 92.5 Å². The van der Waals surface area contributed by atoms with Gasteiger partial charge in [-0.2, -0.15) is 0 Å². The molecule has 2 rings (SSSR count). The van der Waals surface area contributed by atoms with E-state index in [1.165, 1.54) is 12.8 Å². The topological polar surface area (TPSA) is 9.23 Å². The number of ether oxygens (including phenoxy) is 1. The number of hydrogen-bond acceptors (Lipinski definition) is 1. The van der Waals surface area contributed by atoms with E-state index in [9.17, 15) is 0 Å². The maximum Gasteiger partial charge on any atom is 0.119 e. The molecule has 0 saturated heterocycles. The summed E-state index contributed by atoms with van der Waals surface area (Å²) in [5.41, 5.74) is 0.441. The van der Waals surface area contributed by atoms with Gasteiger partial charge in [0.2, 0.25) is 0 Å². The Morgan fingerprint density at radius 2 is 1.67 bits per heavy atom. The van der Waals surface area contributed by atoms with Gasteiger partial charge in [0.25, 0.3) is 0 Å². The minimum Gasteiger partial charge on any atom is -0.490 e. The van der Waals surface area contributed by atoms with Crippen LogP contribution in [-0.4, -0.2) is 6.10 Å². The fourth-order valence-corrected chi connectivity index (χ4v) is 2.06. The van der Waals surface area contributed by atoms with E-state index in [0.717, 1.165) is 11.7 Å². The van der Waals surface area contributed by atoms with Crippen LogP contribution in [0.4, 0.5) is 0 Å². The lowest BCUT2D eigenvalue weighted by Gasteiger charge is -2.43. The molecule has 1 aromatic carbocycles. The molecule has 0 N–H and O–H groups in total. The Hall–Kier alpha value is -0.980. The summed E-state index contributed by atoms with van der Waals surface area (Å²) in [6.07, 6.45) is 2.85. The van der Waals surface area contributed by atoms with Crippen LogP contribution in [0.5, 0.6) is 5.75 Å². The zero-order valence-electron chi connectivity index (χ0n) is 9.86. The summed E-state index contributed by atoms with van der Waals surface area (Å²) in [6.45, 7) is 6.95. The molecule has 0 radical (unpaired) electrons. The Bertz CT molecular complexity index is 304. The predicted molar refractivity (Wildman–Crippen MR) is 63.0 cm³/mol. The molecular formula is C14H20O. The number of benzene rings is 1. The van der Waals surface area contributed by atoms with E-state index < -0.39 is 0 Å². The molecule has 0 aromatic heterocycles. The Balaban J connectivity index is 1.82. The smallest absolute Gasteiger partial charge is 0.119 e. The molecule has 1 aliphatic carbocycles. The van der Waals surface area contributed by atoms with Crippen molar-refractivity contribution in [3.8, 4) is 5.75 Å². The predicted octanol–water partition coefficient (Wildman–Crippen LogP) is 3.89. The van der Waals surface area contributed by atoms with E-state index in [0.29, 0.717) is 11.5 Å². The monoisotopic (exact) mass is 204 g/mol. The molecule has 0 atom stereocenters. The minimum absolute atomic E-state index is 0.441. The van der Waals surface area contributed by atoms with E-state index in [1.807, 2.05) is 30.3 Å². The van der Waals surface area contributed by atoms with Crippen LogP contribution < -0.4 is 4.74 Å². The van der Waals surface area contributed by atoms with Crippen LogP contribution in [0.15, 0.2) is 30.3 Å². The summed E-state index contributed by atoms with van der Waals surface area (Å²) >= 11 is 0.